The number of nitrogens with two attached hydrogens (primary N) is 1. The van der Waals surface area contributed by atoms with Gasteiger partial charge in [-0.2, -0.15) is 8.42 Å². The Kier molecular flexibility index (Phi) is 9.61. The van der Waals surface area contributed by atoms with Crippen molar-refractivity contribution in [3.05, 3.63) is 96.1 Å². The molecule has 36 heavy (non-hydrogen) atoms. The van der Waals surface area contributed by atoms with Crippen LogP contribution in [0.15, 0.2) is 89.8 Å². The molecule has 2 unspecified atom stereocenters. The lowest BCUT2D eigenvalue weighted by molar-refractivity contribution is -0.150. The highest BCUT2D eigenvalue weighted by molar-refractivity contribution is 7.87. The minimum atomic E-state index is -4.02. The van der Waals surface area contributed by atoms with Gasteiger partial charge in [0.25, 0.3) is 0 Å². The van der Waals surface area contributed by atoms with Gasteiger partial charge in [-0.15, -0.1) is 0 Å². The fraction of sp³-hybridized carbons (Fsp3) is 0.259. The first-order valence-corrected chi connectivity index (χ1v) is 12.9. The molecular formula is C27H29NO7S. The molecule has 0 aliphatic carbocycles. The van der Waals surface area contributed by atoms with Crippen molar-refractivity contribution < 1.29 is 31.7 Å². The Morgan fingerprint density at radius 1 is 0.861 bits per heavy atom. The van der Waals surface area contributed by atoms with E-state index in [4.69, 9.17) is 19.4 Å². The maximum absolute atomic E-state index is 13.2. The highest BCUT2D eigenvalue weighted by Gasteiger charge is 2.33. The lowest BCUT2D eigenvalue weighted by atomic mass is 9.83. The number of carbonyl (C=O) groups excluding carboxylic acids is 2. The van der Waals surface area contributed by atoms with E-state index in [2.05, 4.69) is 0 Å². The number of esters is 2. The molecular weight excluding hydrogens is 482 g/mol. The van der Waals surface area contributed by atoms with E-state index in [0.717, 1.165) is 5.56 Å². The summed E-state index contributed by atoms with van der Waals surface area (Å²) >= 11 is 0. The molecule has 0 fully saturated rings. The molecule has 0 radical (unpaired) electrons. The molecule has 2 atom stereocenters. The minimum absolute atomic E-state index is 0.0223. The number of hydrogen-bond acceptors (Lipinski definition) is 8. The summed E-state index contributed by atoms with van der Waals surface area (Å²) in [6.45, 7) is 2.00. The molecule has 3 rings (SSSR count). The van der Waals surface area contributed by atoms with E-state index >= 15 is 0 Å². The second-order valence-corrected chi connectivity index (χ2v) is 9.54. The first kappa shape index (κ1) is 26.9. The van der Waals surface area contributed by atoms with E-state index in [-0.39, 0.29) is 36.8 Å². The molecule has 0 saturated carbocycles. The summed E-state index contributed by atoms with van der Waals surface area (Å²) in [6, 6.07) is 23.0. The molecule has 3 aromatic rings. The zero-order valence-electron chi connectivity index (χ0n) is 19.9. The Morgan fingerprint density at radius 3 is 2.06 bits per heavy atom. The molecule has 0 saturated heterocycles. The van der Waals surface area contributed by atoms with Crippen LogP contribution in [0.3, 0.4) is 0 Å². The Hall–Kier alpha value is -3.69. The third-order valence-corrected chi connectivity index (χ3v) is 6.72. The highest BCUT2D eigenvalue weighted by Crippen LogP contribution is 2.31. The molecule has 0 aromatic heterocycles. The van der Waals surface area contributed by atoms with Crippen LogP contribution in [-0.2, 0) is 35.8 Å². The van der Waals surface area contributed by atoms with Crippen LogP contribution in [0.5, 0.6) is 5.75 Å². The summed E-state index contributed by atoms with van der Waals surface area (Å²) in [4.78, 5) is 25.4. The van der Waals surface area contributed by atoms with Crippen LogP contribution in [0.4, 0.5) is 0 Å². The summed E-state index contributed by atoms with van der Waals surface area (Å²) in [5.41, 5.74) is 7.28. The quantitative estimate of drug-likeness (QED) is 0.288. The molecule has 3 aromatic carbocycles. The van der Waals surface area contributed by atoms with Crippen molar-refractivity contribution in [1.82, 2.24) is 0 Å². The van der Waals surface area contributed by atoms with Gasteiger partial charge in [0.05, 0.1) is 18.9 Å². The molecule has 8 nitrogen and oxygen atoms in total. The van der Waals surface area contributed by atoms with Gasteiger partial charge in [0.1, 0.15) is 17.3 Å². The van der Waals surface area contributed by atoms with Crippen LogP contribution in [0, 0.1) is 5.92 Å². The van der Waals surface area contributed by atoms with E-state index in [1.54, 1.807) is 37.3 Å². The van der Waals surface area contributed by atoms with E-state index in [0.29, 0.717) is 5.56 Å². The summed E-state index contributed by atoms with van der Waals surface area (Å²) in [5.74, 6) is -2.41. The van der Waals surface area contributed by atoms with Crippen LogP contribution >= 0.6 is 0 Å². The summed E-state index contributed by atoms with van der Waals surface area (Å²) in [5, 5.41) is 0. The number of benzene rings is 3. The summed E-state index contributed by atoms with van der Waals surface area (Å²) in [6.07, 6.45) is -0.0733. The van der Waals surface area contributed by atoms with Gasteiger partial charge in [-0.05, 0) is 54.8 Å². The fourth-order valence-corrected chi connectivity index (χ4v) is 4.63. The smallest absolute Gasteiger partial charge is 0.339 e. The van der Waals surface area contributed by atoms with Gasteiger partial charge in [-0.25, -0.2) is 0 Å². The van der Waals surface area contributed by atoms with E-state index in [1.165, 1.54) is 24.3 Å². The van der Waals surface area contributed by atoms with E-state index in [9.17, 15) is 18.0 Å². The zero-order valence-corrected chi connectivity index (χ0v) is 20.7. The highest BCUT2D eigenvalue weighted by atomic mass is 32.2. The fourth-order valence-electron chi connectivity index (χ4n) is 3.68. The first-order valence-electron chi connectivity index (χ1n) is 11.5. The van der Waals surface area contributed by atoms with Crippen LogP contribution in [0.25, 0.3) is 0 Å². The maximum Gasteiger partial charge on any atom is 0.339 e. The Bertz CT molecular complexity index is 1230. The van der Waals surface area contributed by atoms with Crippen LogP contribution in [0.1, 0.15) is 30.4 Å². The predicted molar refractivity (Wildman–Crippen MR) is 133 cm³/mol. The summed E-state index contributed by atoms with van der Waals surface area (Å²) < 4.78 is 40.9. The molecule has 9 heteroatoms. The Labute approximate surface area is 211 Å². The average Bonchev–Trinajstić information content (AvgIpc) is 2.89. The van der Waals surface area contributed by atoms with Gasteiger partial charge in [0, 0.05) is 0 Å². The van der Waals surface area contributed by atoms with Gasteiger partial charge in [0.2, 0.25) is 0 Å². The molecule has 0 amide bonds. The van der Waals surface area contributed by atoms with Crippen LogP contribution in [-0.4, -0.2) is 33.5 Å². The SMILES string of the molecule is CCOC(=O)CC(CN)C(C(=O)OCc1ccccc1)c1ccc(OS(=O)(=O)c2ccccc2)cc1. The summed E-state index contributed by atoms with van der Waals surface area (Å²) in [7, 11) is -4.02. The number of rotatable bonds is 12. The molecule has 0 bridgehead atoms. The van der Waals surface area contributed by atoms with Gasteiger partial charge in [-0.1, -0.05) is 60.7 Å². The maximum atomic E-state index is 13.2. The van der Waals surface area contributed by atoms with Crippen molar-refractivity contribution in [3.8, 4) is 5.75 Å². The van der Waals surface area contributed by atoms with Crippen molar-refractivity contribution in [3.63, 3.8) is 0 Å². The average molecular weight is 512 g/mol. The number of hydrogen-bond donors (Lipinski definition) is 1. The lowest BCUT2D eigenvalue weighted by Crippen LogP contribution is -2.31. The van der Waals surface area contributed by atoms with Gasteiger partial charge < -0.3 is 19.4 Å². The van der Waals surface area contributed by atoms with Crippen molar-refractivity contribution in [2.24, 2.45) is 11.7 Å². The third-order valence-electron chi connectivity index (χ3n) is 5.46. The second kappa shape index (κ2) is 12.9. The lowest BCUT2D eigenvalue weighted by Gasteiger charge is -2.24. The van der Waals surface area contributed by atoms with E-state index < -0.39 is 33.9 Å². The van der Waals surface area contributed by atoms with Crippen molar-refractivity contribution in [2.45, 2.75) is 30.8 Å². The van der Waals surface area contributed by atoms with Crippen LogP contribution in [0.2, 0.25) is 0 Å². The molecule has 190 valence electrons. The monoisotopic (exact) mass is 511 g/mol. The molecule has 0 heterocycles. The number of ether oxygens (including phenoxy) is 2. The second-order valence-electron chi connectivity index (χ2n) is 8.00. The molecule has 0 spiro atoms. The largest absolute Gasteiger partial charge is 0.466 e. The van der Waals surface area contributed by atoms with Crippen molar-refractivity contribution in [2.75, 3.05) is 13.2 Å². The predicted octanol–water partition coefficient (Wildman–Crippen LogP) is 3.81. The van der Waals surface area contributed by atoms with Crippen molar-refractivity contribution in [1.29, 1.82) is 0 Å². The Morgan fingerprint density at radius 2 is 1.47 bits per heavy atom. The normalized spacial score (nSPS) is 12.8. The van der Waals surface area contributed by atoms with E-state index in [1.807, 2.05) is 30.3 Å². The molecule has 0 aliphatic rings. The van der Waals surface area contributed by atoms with Gasteiger partial charge >= 0.3 is 22.1 Å². The standard InChI is InChI=1S/C27H29NO7S/c1-2-33-25(29)17-22(18-28)26(27(30)34-19-20-9-5-3-6-10-20)21-13-15-23(16-14-21)35-36(31,32)24-11-7-4-8-12-24/h3-16,22,26H,2,17-19,28H2,1H3. The van der Waals surface area contributed by atoms with Gasteiger partial charge in [-0.3, -0.25) is 9.59 Å². The van der Waals surface area contributed by atoms with Crippen molar-refractivity contribution >= 4 is 22.1 Å². The number of carbonyl (C=O) groups is 2. The molecule has 2 N–H and O–H groups in total. The topological polar surface area (TPSA) is 122 Å². The first-order chi connectivity index (χ1) is 17.3. The van der Waals surface area contributed by atoms with Gasteiger partial charge in [0.15, 0.2) is 0 Å². The minimum Gasteiger partial charge on any atom is -0.466 e. The third kappa shape index (κ3) is 7.40. The Balaban J connectivity index is 1.83. The van der Waals surface area contributed by atoms with Crippen LogP contribution < -0.4 is 9.92 Å². The zero-order chi connectivity index (χ0) is 26.0. The molecule has 0 aliphatic heterocycles.